The van der Waals surface area contributed by atoms with E-state index in [2.05, 4.69) is 11.6 Å². The van der Waals surface area contributed by atoms with Crippen LogP contribution < -0.4 is 5.73 Å². The van der Waals surface area contributed by atoms with E-state index in [0.717, 1.165) is 16.8 Å². The van der Waals surface area contributed by atoms with Crippen molar-refractivity contribution < 1.29 is 17.9 Å². The zero-order valence-corrected chi connectivity index (χ0v) is 19.9. The highest BCUT2D eigenvalue weighted by Crippen LogP contribution is 2.32. The first-order valence-corrected chi connectivity index (χ1v) is 12.1. The fraction of sp³-hybridized carbons (Fsp3) is 0.280. The van der Waals surface area contributed by atoms with Crippen molar-refractivity contribution >= 4 is 16.1 Å². The van der Waals surface area contributed by atoms with Crippen LogP contribution in [-0.4, -0.2) is 29.1 Å². The molecule has 0 radical (unpaired) electrons. The quantitative estimate of drug-likeness (QED) is 0.457. The number of aryl methyl sites for hydroxylation is 2. The van der Waals surface area contributed by atoms with E-state index in [1.165, 1.54) is 10.0 Å². The van der Waals surface area contributed by atoms with Crippen molar-refractivity contribution in [2.75, 3.05) is 0 Å². The summed E-state index contributed by atoms with van der Waals surface area (Å²) in [6.45, 7) is 9.15. The highest BCUT2D eigenvalue weighted by atomic mass is 32.2. The third kappa shape index (κ3) is 5.70. The predicted molar refractivity (Wildman–Crippen MR) is 129 cm³/mol. The van der Waals surface area contributed by atoms with Gasteiger partial charge in [0.2, 0.25) is 10.0 Å². The van der Waals surface area contributed by atoms with E-state index in [9.17, 15) is 13.2 Å². The first kappa shape index (κ1) is 24.3. The third-order valence-corrected chi connectivity index (χ3v) is 7.33. The van der Waals surface area contributed by atoms with E-state index in [0.29, 0.717) is 24.1 Å². The molecule has 1 amide bonds. The zero-order valence-electron chi connectivity index (χ0n) is 19.1. The topological polar surface area (TPSA) is 104 Å². The Labute approximate surface area is 195 Å². The van der Waals surface area contributed by atoms with Crippen LogP contribution >= 0.6 is 0 Å². The number of rotatable bonds is 9. The number of benzene rings is 1. The number of pyridine rings is 1. The fourth-order valence-electron chi connectivity index (χ4n) is 3.63. The van der Waals surface area contributed by atoms with Crippen molar-refractivity contribution in [3.05, 3.63) is 90.4 Å². The number of carbonyl (C=O) groups excluding carboxylic acids is 1. The summed E-state index contributed by atoms with van der Waals surface area (Å²) in [5, 5.41) is -0.969. The summed E-state index contributed by atoms with van der Waals surface area (Å²) in [4.78, 5) is 15.4. The lowest BCUT2D eigenvalue weighted by Crippen LogP contribution is -2.31. The molecule has 3 rings (SSSR count). The average Bonchev–Trinajstić information content (AvgIpc) is 3.19. The van der Waals surface area contributed by atoms with Crippen molar-refractivity contribution in [3.8, 4) is 11.3 Å². The molecule has 33 heavy (non-hydrogen) atoms. The summed E-state index contributed by atoms with van der Waals surface area (Å²) in [5.41, 5.74) is 7.83. The molecule has 0 aliphatic carbocycles. The van der Waals surface area contributed by atoms with Gasteiger partial charge in [0.1, 0.15) is 10.9 Å². The third-order valence-electron chi connectivity index (χ3n) is 5.38. The van der Waals surface area contributed by atoms with Crippen LogP contribution in [0.15, 0.2) is 73.6 Å². The molecule has 174 valence electrons. The smallest absolute Gasteiger partial charge is 0.405 e. The molecule has 2 aromatic heterocycles. The Morgan fingerprint density at radius 1 is 1.24 bits per heavy atom. The molecular formula is C25H29N3O4S. The van der Waals surface area contributed by atoms with Crippen molar-refractivity contribution in [3.63, 3.8) is 0 Å². The zero-order chi connectivity index (χ0) is 24.2. The molecule has 0 saturated heterocycles. The van der Waals surface area contributed by atoms with Gasteiger partial charge in [-0.15, -0.1) is 6.58 Å². The number of nitrogens with zero attached hydrogens (tertiary/aromatic N) is 2. The second-order valence-electron chi connectivity index (χ2n) is 8.51. The second kappa shape index (κ2) is 9.62. The van der Waals surface area contributed by atoms with Crippen LogP contribution in [0.1, 0.15) is 42.3 Å². The van der Waals surface area contributed by atoms with E-state index in [4.69, 9.17) is 10.5 Å². The Morgan fingerprint density at radius 3 is 2.52 bits per heavy atom. The lowest BCUT2D eigenvalue weighted by atomic mass is 9.99. The van der Waals surface area contributed by atoms with Gasteiger partial charge < -0.3 is 10.5 Å². The molecule has 1 unspecified atom stereocenters. The second-order valence-corrected chi connectivity index (χ2v) is 10.4. The van der Waals surface area contributed by atoms with Gasteiger partial charge in [-0.3, -0.25) is 4.98 Å². The van der Waals surface area contributed by atoms with E-state index in [1.807, 2.05) is 43.3 Å². The molecule has 8 heteroatoms. The SMILES string of the molecule is C=CC(c1ccc(C)nc1)S(=O)(=O)n1cc(CCC(C)(C)OC(N)=O)cc1-c1ccccc1. The van der Waals surface area contributed by atoms with Gasteiger partial charge >= 0.3 is 6.09 Å². The summed E-state index contributed by atoms with van der Waals surface area (Å²) in [6, 6.07) is 14.7. The average molecular weight is 468 g/mol. The summed E-state index contributed by atoms with van der Waals surface area (Å²) in [5.74, 6) is 0. The molecule has 2 heterocycles. The van der Waals surface area contributed by atoms with Gasteiger partial charge in [-0.25, -0.2) is 17.2 Å². The molecule has 0 spiro atoms. The standard InChI is InChI=1S/C25H29N3O4S/c1-5-23(21-12-11-18(2)27-16-21)33(30,31)28-17-19(13-14-25(3,4)32-24(26)29)15-22(28)20-9-7-6-8-10-20/h5-12,15-17,23H,1,13-14H2,2-4H3,(H2,26,29). The van der Waals surface area contributed by atoms with Crippen LogP contribution in [0.25, 0.3) is 11.3 Å². The molecule has 0 fully saturated rings. The fourth-order valence-corrected chi connectivity index (χ4v) is 5.32. The number of aromatic nitrogens is 2. The highest BCUT2D eigenvalue weighted by molar-refractivity contribution is 7.90. The van der Waals surface area contributed by atoms with Crippen LogP contribution in [0.2, 0.25) is 0 Å². The van der Waals surface area contributed by atoms with Gasteiger partial charge in [-0.05, 0) is 62.4 Å². The van der Waals surface area contributed by atoms with Crippen molar-refractivity contribution in [2.45, 2.75) is 44.5 Å². The molecule has 2 N–H and O–H groups in total. The molecule has 3 aromatic rings. The van der Waals surface area contributed by atoms with Gasteiger partial charge in [0, 0.05) is 18.1 Å². The number of hydrogen-bond donors (Lipinski definition) is 1. The van der Waals surface area contributed by atoms with Crippen LogP contribution in [0, 0.1) is 6.92 Å². The normalized spacial score (nSPS) is 12.8. The molecule has 1 aromatic carbocycles. The minimum atomic E-state index is -3.89. The van der Waals surface area contributed by atoms with Gasteiger partial charge in [-0.1, -0.05) is 42.5 Å². The van der Waals surface area contributed by atoms with Gasteiger partial charge in [0.15, 0.2) is 0 Å². The van der Waals surface area contributed by atoms with Crippen molar-refractivity contribution in [2.24, 2.45) is 5.73 Å². The summed E-state index contributed by atoms with van der Waals surface area (Å²) in [7, 11) is -3.89. The first-order chi connectivity index (χ1) is 15.5. The first-order valence-electron chi connectivity index (χ1n) is 10.6. The summed E-state index contributed by atoms with van der Waals surface area (Å²) in [6.07, 6.45) is 4.73. The minimum absolute atomic E-state index is 0.473. The lowest BCUT2D eigenvalue weighted by Gasteiger charge is -2.23. The molecule has 0 bridgehead atoms. The van der Waals surface area contributed by atoms with E-state index in [-0.39, 0.29) is 0 Å². The van der Waals surface area contributed by atoms with E-state index >= 15 is 0 Å². The molecule has 0 aliphatic heterocycles. The monoisotopic (exact) mass is 467 g/mol. The maximum absolute atomic E-state index is 13.8. The summed E-state index contributed by atoms with van der Waals surface area (Å²) < 4.78 is 34.0. The number of nitrogens with two attached hydrogens (primary N) is 1. The van der Waals surface area contributed by atoms with Crippen LogP contribution in [-0.2, 0) is 21.2 Å². The predicted octanol–water partition coefficient (Wildman–Crippen LogP) is 4.77. The Bertz CT molecular complexity index is 1230. The molecule has 0 aliphatic rings. The minimum Gasteiger partial charge on any atom is -0.444 e. The van der Waals surface area contributed by atoms with Gasteiger partial charge in [0.05, 0.1) is 5.69 Å². The van der Waals surface area contributed by atoms with Crippen molar-refractivity contribution in [1.29, 1.82) is 0 Å². The summed E-state index contributed by atoms with van der Waals surface area (Å²) >= 11 is 0. The maximum Gasteiger partial charge on any atom is 0.405 e. The van der Waals surface area contributed by atoms with Crippen molar-refractivity contribution in [1.82, 2.24) is 8.96 Å². The highest BCUT2D eigenvalue weighted by Gasteiger charge is 2.30. The number of ether oxygens (including phenoxy) is 1. The number of hydrogen-bond acceptors (Lipinski definition) is 5. The number of carbonyl (C=O) groups is 1. The molecule has 1 atom stereocenters. The largest absolute Gasteiger partial charge is 0.444 e. The van der Waals surface area contributed by atoms with Gasteiger partial charge in [0.25, 0.3) is 0 Å². The Kier molecular flexibility index (Phi) is 7.07. The molecule has 7 nitrogen and oxygen atoms in total. The maximum atomic E-state index is 13.8. The Morgan fingerprint density at radius 2 is 1.94 bits per heavy atom. The van der Waals surface area contributed by atoms with Crippen LogP contribution in [0.3, 0.4) is 0 Å². The van der Waals surface area contributed by atoms with Crippen LogP contribution in [0.4, 0.5) is 4.79 Å². The molecular weight excluding hydrogens is 438 g/mol. The van der Waals surface area contributed by atoms with E-state index < -0.39 is 27.0 Å². The number of primary amides is 1. The Balaban J connectivity index is 2.04. The van der Waals surface area contributed by atoms with Crippen LogP contribution in [0.5, 0.6) is 0 Å². The van der Waals surface area contributed by atoms with Gasteiger partial charge in [-0.2, -0.15) is 0 Å². The Hall–Kier alpha value is -3.39. The lowest BCUT2D eigenvalue weighted by molar-refractivity contribution is 0.0394. The van der Waals surface area contributed by atoms with E-state index in [1.54, 1.807) is 38.4 Å². The number of amides is 1. The molecule has 0 saturated carbocycles.